The number of esters is 1. The summed E-state index contributed by atoms with van der Waals surface area (Å²) < 4.78 is 5.42. The second-order valence-electron chi connectivity index (χ2n) is 9.02. The Bertz CT molecular complexity index is 607. The van der Waals surface area contributed by atoms with Gasteiger partial charge in [0, 0.05) is 26.2 Å². The Balaban J connectivity index is 0.000000273. The van der Waals surface area contributed by atoms with Crippen LogP contribution in [0.5, 0.6) is 0 Å². The molecule has 0 aromatic carbocycles. The number of rotatable bonds is 2. The molecule has 0 saturated carbocycles. The highest BCUT2D eigenvalue weighted by molar-refractivity contribution is 5.81. The van der Waals surface area contributed by atoms with E-state index in [1.54, 1.807) is 6.92 Å². The van der Waals surface area contributed by atoms with Crippen molar-refractivity contribution in [3.05, 3.63) is 24.3 Å². The minimum absolute atomic E-state index is 0.163. The van der Waals surface area contributed by atoms with Gasteiger partial charge in [-0.1, -0.05) is 13.2 Å². The summed E-state index contributed by atoms with van der Waals surface area (Å²) in [5.74, 6) is -0.934. The predicted octanol–water partition coefficient (Wildman–Crippen LogP) is 2.41. The number of likely N-dealkylation sites (N-methyl/N-ethyl adjacent to an activating group) is 2. The van der Waals surface area contributed by atoms with E-state index in [9.17, 15) is 9.59 Å². The van der Waals surface area contributed by atoms with Crippen molar-refractivity contribution in [3.63, 3.8) is 0 Å². The first-order valence-corrected chi connectivity index (χ1v) is 8.82. The van der Waals surface area contributed by atoms with Gasteiger partial charge in [-0.25, -0.2) is 0 Å². The Morgan fingerprint density at radius 1 is 1.00 bits per heavy atom. The average Bonchev–Trinajstić information content (AvgIpc) is 2.85. The number of ether oxygens (including phenoxy) is 1. The van der Waals surface area contributed by atoms with Crippen LogP contribution >= 0.6 is 0 Å². The largest absolute Gasteiger partial charge is 0.481 e. The van der Waals surface area contributed by atoms with Crippen LogP contribution in [0.3, 0.4) is 0 Å². The number of carboxylic acid groups (broad SMARTS) is 1. The fourth-order valence-corrected chi connectivity index (χ4v) is 3.23. The molecule has 148 valence electrons. The van der Waals surface area contributed by atoms with E-state index in [1.807, 2.05) is 46.7 Å². The summed E-state index contributed by atoms with van der Waals surface area (Å²) in [5, 5.41) is 8.87. The zero-order valence-electron chi connectivity index (χ0n) is 17.3. The molecule has 6 heteroatoms. The summed E-state index contributed by atoms with van der Waals surface area (Å²) in [6.07, 6.45) is 0. The number of likely N-dealkylation sites (tertiary alicyclic amines) is 2. The van der Waals surface area contributed by atoms with E-state index in [4.69, 9.17) is 9.84 Å². The Kier molecular flexibility index (Phi) is 6.48. The number of carbonyl (C=O) groups excluding carboxylic acids is 1. The van der Waals surface area contributed by atoms with Gasteiger partial charge in [0.05, 0.1) is 10.8 Å². The van der Waals surface area contributed by atoms with E-state index in [0.717, 1.165) is 17.7 Å². The number of aliphatic carboxylic acids is 1. The molecule has 0 radical (unpaired) electrons. The maximum Gasteiger partial charge on any atom is 0.317 e. The molecule has 0 amide bonds. The van der Waals surface area contributed by atoms with E-state index >= 15 is 0 Å². The molecule has 0 aromatic heterocycles. The van der Waals surface area contributed by atoms with Crippen molar-refractivity contribution in [1.29, 1.82) is 0 Å². The van der Waals surface area contributed by atoms with Gasteiger partial charge < -0.3 is 19.6 Å². The minimum atomic E-state index is -0.771. The first-order valence-electron chi connectivity index (χ1n) is 8.82. The number of carboxylic acids is 1. The second-order valence-corrected chi connectivity index (χ2v) is 9.02. The summed E-state index contributed by atoms with van der Waals surface area (Å²) in [4.78, 5) is 26.9. The fraction of sp³-hybridized carbons (Fsp3) is 0.700. The molecule has 2 atom stereocenters. The maximum atomic E-state index is 12.0. The van der Waals surface area contributed by atoms with Gasteiger partial charge in [0.25, 0.3) is 0 Å². The highest BCUT2D eigenvalue weighted by atomic mass is 16.6. The van der Waals surface area contributed by atoms with Crippen LogP contribution < -0.4 is 0 Å². The third-order valence-corrected chi connectivity index (χ3v) is 4.98. The first-order chi connectivity index (χ1) is 11.6. The van der Waals surface area contributed by atoms with Crippen LogP contribution in [0.25, 0.3) is 0 Å². The molecule has 0 bridgehead atoms. The van der Waals surface area contributed by atoms with E-state index in [0.29, 0.717) is 19.6 Å². The SMILES string of the molecule is C=C1CN(C)C[C@@]1(C)C(=O)O.C=C1CN(C)C[C@@]1(C)C(=O)OC(C)(C)C. The van der Waals surface area contributed by atoms with Crippen molar-refractivity contribution in [1.82, 2.24) is 9.80 Å². The maximum absolute atomic E-state index is 12.0. The number of carbonyl (C=O) groups is 2. The first kappa shape index (κ1) is 22.4. The Morgan fingerprint density at radius 3 is 1.62 bits per heavy atom. The molecule has 2 aliphatic heterocycles. The topological polar surface area (TPSA) is 70.1 Å². The van der Waals surface area contributed by atoms with Crippen LogP contribution in [-0.2, 0) is 14.3 Å². The lowest BCUT2D eigenvalue weighted by atomic mass is 9.86. The third-order valence-electron chi connectivity index (χ3n) is 4.98. The standard InChI is InChI=1S/C12H21NO2.C8H13NO2/c1-9-7-13(6)8-12(9,5)10(14)15-11(2,3)4;1-6-4-9(3)5-8(6,2)7(10)11/h1,7-8H2,2-6H3;1,4-5H2,2-3H3,(H,10,11)/t12-;8-/m11/s1. The summed E-state index contributed by atoms with van der Waals surface area (Å²) in [6.45, 7) is 19.7. The molecule has 2 rings (SSSR count). The number of hydrogen-bond donors (Lipinski definition) is 1. The van der Waals surface area contributed by atoms with Crippen LogP contribution in [-0.4, -0.2) is 72.7 Å². The normalized spacial score (nSPS) is 30.1. The van der Waals surface area contributed by atoms with Gasteiger partial charge in [-0.2, -0.15) is 0 Å². The predicted molar refractivity (Wildman–Crippen MR) is 103 cm³/mol. The zero-order chi connectivity index (χ0) is 20.5. The van der Waals surface area contributed by atoms with Crippen molar-refractivity contribution in [3.8, 4) is 0 Å². The van der Waals surface area contributed by atoms with E-state index in [1.165, 1.54) is 0 Å². The van der Waals surface area contributed by atoms with Crippen LogP contribution in [0.15, 0.2) is 24.3 Å². The smallest absolute Gasteiger partial charge is 0.317 e. The van der Waals surface area contributed by atoms with Gasteiger partial charge in [-0.15, -0.1) is 0 Å². The van der Waals surface area contributed by atoms with Crippen LogP contribution in [0.4, 0.5) is 0 Å². The molecule has 0 unspecified atom stereocenters. The summed E-state index contributed by atoms with van der Waals surface area (Å²) in [7, 11) is 3.89. The van der Waals surface area contributed by atoms with E-state index in [2.05, 4.69) is 18.1 Å². The number of hydrogen-bond acceptors (Lipinski definition) is 5. The lowest BCUT2D eigenvalue weighted by Gasteiger charge is -2.28. The Labute approximate surface area is 157 Å². The molecule has 0 aliphatic carbocycles. The van der Waals surface area contributed by atoms with E-state index in [-0.39, 0.29) is 5.97 Å². The van der Waals surface area contributed by atoms with Crippen molar-refractivity contribution >= 4 is 11.9 Å². The number of nitrogens with zero attached hydrogens (tertiary/aromatic N) is 2. The quantitative estimate of drug-likeness (QED) is 0.598. The second kappa shape index (κ2) is 7.53. The van der Waals surface area contributed by atoms with E-state index < -0.39 is 22.4 Å². The Morgan fingerprint density at radius 2 is 1.38 bits per heavy atom. The van der Waals surface area contributed by atoms with Gasteiger partial charge in [-0.3, -0.25) is 9.59 Å². The summed E-state index contributed by atoms with van der Waals surface area (Å²) in [5.41, 5.74) is 0.0462. The molecular formula is C20H34N2O4. The zero-order valence-corrected chi connectivity index (χ0v) is 17.3. The van der Waals surface area contributed by atoms with Crippen molar-refractivity contribution in [2.24, 2.45) is 10.8 Å². The summed E-state index contributed by atoms with van der Waals surface area (Å²) in [6, 6.07) is 0. The van der Waals surface area contributed by atoms with Crippen LogP contribution in [0.1, 0.15) is 34.6 Å². The summed E-state index contributed by atoms with van der Waals surface area (Å²) >= 11 is 0. The molecule has 2 fully saturated rings. The van der Waals surface area contributed by atoms with Crippen molar-refractivity contribution in [2.75, 3.05) is 40.3 Å². The fourth-order valence-electron chi connectivity index (χ4n) is 3.23. The molecule has 0 aromatic rings. The lowest BCUT2D eigenvalue weighted by molar-refractivity contribution is -0.163. The molecule has 2 heterocycles. The molecule has 0 spiro atoms. The van der Waals surface area contributed by atoms with Gasteiger partial charge >= 0.3 is 11.9 Å². The van der Waals surface area contributed by atoms with Gasteiger partial charge in [0.1, 0.15) is 5.60 Å². The molecule has 6 nitrogen and oxygen atoms in total. The monoisotopic (exact) mass is 366 g/mol. The van der Waals surface area contributed by atoms with Crippen LogP contribution in [0.2, 0.25) is 0 Å². The molecule has 2 saturated heterocycles. The molecule has 2 aliphatic rings. The highest BCUT2D eigenvalue weighted by Crippen LogP contribution is 2.35. The molecule has 1 N–H and O–H groups in total. The molecule has 26 heavy (non-hydrogen) atoms. The highest BCUT2D eigenvalue weighted by Gasteiger charge is 2.45. The lowest BCUT2D eigenvalue weighted by Crippen LogP contribution is -2.38. The average molecular weight is 367 g/mol. The van der Waals surface area contributed by atoms with Crippen molar-refractivity contribution in [2.45, 2.75) is 40.2 Å². The Hall–Kier alpha value is -1.66. The molecular weight excluding hydrogens is 332 g/mol. The van der Waals surface area contributed by atoms with Gasteiger partial charge in [0.15, 0.2) is 0 Å². The van der Waals surface area contributed by atoms with Crippen LogP contribution in [0, 0.1) is 10.8 Å². The van der Waals surface area contributed by atoms with Gasteiger partial charge in [-0.05, 0) is 59.9 Å². The third kappa shape index (κ3) is 4.95. The minimum Gasteiger partial charge on any atom is -0.481 e. The van der Waals surface area contributed by atoms with Gasteiger partial charge in [0.2, 0.25) is 0 Å². The van der Waals surface area contributed by atoms with Crippen molar-refractivity contribution < 1.29 is 19.4 Å².